The third-order valence-electron chi connectivity index (χ3n) is 3.15. The molecule has 2 rings (SSSR count). The highest BCUT2D eigenvalue weighted by molar-refractivity contribution is 5.84. The highest BCUT2D eigenvalue weighted by Gasteiger charge is 2.29. The van der Waals surface area contributed by atoms with Gasteiger partial charge in [0.2, 0.25) is 0 Å². The summed E-state index contributed by atoms with van der Waals surface area (Å²) in [5.41, 5.74) is 3.95. The van der Waals surface area contributed by atoms with E-state index in [4.69, 9.17) is 0 Å². The van der Waals surface area contributed by atoms with Crippen molar-refractivity contribution >= 4 is 17.8 Å². The number of aryl methyl sites for hydroxylation is 1. The fourth-order valence-electron chi connectivity index (χ4n) is 1.83. The number of hydrogen-bond acceptors (Lipinski definition) is 3. The first-order valence-corrected chi connectivity index (χ1v) is 7.14. The van der Waals surface area contributed by atoms with Gasteiger partial charge < -0.3 is 5.32 Å². The van der Waals surface area contributed by atoms with Crippen molar-refractivity contribution in [2.24, 2.45) is 5.10 Å². The molecule has 2 aromatic rings. The summed E-state index contributed by atoms with van der Waals surface area (Å²) in [5, 5.41) is 6.65. The predicted molar refractivity (Wildman–Crippen MR) is 86.8 cm³/mol. The Morgan fingerprint density at radius 1 is 1.08 bits per heavy atom. The number of carbonyl (C=O) groups is 1. The first-order valence-electron chi connectivity index (χ1n) is 7.14. The molecular weight excluding hydrogens is 319 g/mol. The summed E-state index contributed by atoms with van der Waals surface area (Å²) in [6.45, 7) is 2.00. The number of nitrogens with one attached hydrogen (secondary N) is 2. The molecule has 0 spiro atoms. The Balaban J connectivity index is 1.80. The van der Waals surface area contributed by atoms with Crippen molar-refractivity contribution in [1.29, 1.82) is 0 Å². The standard InChI is InChI=1S/C17H16F3N3O/c1-12-2-8-15(9-3-12)21-11-16(24)23-22-10-13-4-6-14(7-5-13)17(18,19)20/h2-10,21H,11H2,1H3,(H,23,24)/b22-10-. The molecule has 0 aliphatic rings. The number of nitrogens with zero attached hydrogens (tertiary/aromatic N) is 1. The molecule has 126 valence electrons. The number of halogens is 3. The molecule has 0 saturated heterocycles. The molecule has 0 radical (unpaired) electrons. The second-order valence-electron chi connectivity index (χ2n) is 5.13. The summed E-state index contributed by atoms with van der Waals surface area (Å²) in [4.78, 5) is 11.6. The van der Waals surface area contributed by atoms with Gasteiger partial charge in [0, 0.05) is 5.69 Å². The van der Waals surface area contributed by atoms with E-state index in [-0.39, 0.29) is 12.5 Å². The number of hydrazone groups is 1. The Labute approximate surface area is 137 Å². The highest BCUT2D eigenvalue weighted by Crippen LogP contribution is 2.28. The highest BCUT2D eigenvalue weighted by atomic mass is 19.4. The zero-order valence-corrected chi connectivity index (χ0v) is 12.9. The lowest BCUT2D eigenvalue weighted by molar-refractivity contribution is -0.137. The SMILES string of the molecule is Cc1ccc(NCC(=O)N/N=C\c2ccc(C(F)(F)F)cc2)cc1. The maximum Gasteiger partial charge on any atom is 0.416 e. The molecule has 4 nitrogen and oxygen atoms in total. The van der Waals surface area contributed by atoms with Crippen molar-refractivity contribution in [3.63, 3.8) is 0 Å². The molecule has 2 aromatic carbocycles. The van der Waals surface area contributed by atoms with Crippen LogP contribution in [0.25, 0.3) is 0 Å². The van der Waals surface area contributed by atoms with Crippen LogP contribution >= 0.6 is 0 Å². The molecule has 24 heavy (non-hydrogen) atoms. The monoisotopic (exact) mass is 335 g/mol. The fourth-order valence-corrected chi connectivity index (χ4v) is 1.83. The molecule has 0 atom stereocenters. The van der Waals surface area contributed by atoms with Gasteiger partial charge in [-0.25, -0.2) is 5.43 Å². The molecule has 2 N–H and O–H groups in total. The third-order valence-corrected chi connectivity index (χ3v) is 3.15. The first kappa shape index (κ1) is 17.5. The maximum absolute atomic E-state index is 12.4. The Morgan fingerprint density at radius 3 is 2.29 bits per heavy atom. The number of anilines is 1. The van der Waals surface area contributed by atoms with Crippen LogP contribution in [0.15, 0.2) is 53.6 Å². The van der Waals surface area contributed by atoms with E-state index in [2.05, 4.69) is 15.8 Å². The molecule has 7 heteroatoms. The molecule has 0 bridgehead atoms. The zero-order chi connectivity index (χ0) is 17.6. The maximum atomic E-state index is 12.4. The van der Waals surface area contributed by atoms with E-state index >= 15 is 0 Å². The van der Waals surface area contributed by atoms with E-state index in [1.165, 1.54) is 18.3 Å². The van der Waals surface area contributed by atoms with E-state index < -0.39 is 11.7 Å². The first-order chi connectivity index (χ1) is 11.3. The van der Waals surface area contributed by atoms with Crippen molar-refractivity contribution in [3.05, 3.63) is 65.2 Å². The predicted octanol–water partition coefficient (Wildman–Crippen LogP) is 3.58. The second kappa shape index (κ2) is 7.63. The number of benzene rings is 2. The van der Waals surface area contributed by atoms with Crippen molar-refractivity contribution in [3.8, 4) is 0 Å². The molecule has 0 aromatic heterocycles. The summed E-state index contributed by atoms with van der Waals surface area (Å²) in [5.74, 6) is -0.362. The summed E-state index contributed by atoms with van der Waals surface area (Å²) in [6, 6.07) is 12.0. The van der Waals surface area contributed by atoms with Crippen LogP contribution in [0.3, 0.4) is 0 Å². The Bertz CT molecular complexity index is 707. The number of carbonyl (C=O) groups excluding carboxylic acids is 1. The lowest BCUT2D eigenvalue weighted by Gasteiger charge is -2.06. The molecule has 0 aliphatic heterocycles. The van der Waals surface area contributed by atoms with Crippen molar-refractivity contribution < 1.29 is 18.0 Å². The fraction of sp³-hybridized carbons (Fsp3) is 0.176. The number of hydrogen-bond donors (Lipinski definition) is 2. The number of amides is 1. The van der Waals surface area contributed by atoms with Crippen LogP contribution in [0.1, 0.15) is 16.7 Å². The molecule has 0 saturated carbocycles. The van der Waals surface area contributed by atoms with E-state index in [0.717, 1.165) is 23.4 Å². The van der Waals surface area contributed by atoms with Gasteiger partial charge in [-0.1, -0.05) is 29.8 Å². The summed E-state index contributed by atoms with van der Waals surface area (Å²) in [6.07, 6.45) is -3.09. The third kappa shape index (κ3) is 5.42. The van der Waals surface area contributed by atoms with Gasteiger partial charge >= 0.3 is 6.18 Å². The van der Waals surface area contributed by atoms with E-state index in [0.29, 0.717) is 5.56 Å². The molecule has 1 amide bonds. The van der Waals surface area contributed by atoms with Crippen LogP contribution in [0, 0.1) is 6.92 Å². The van der Waals surface area contributed by atoms with Gasteiger partial charge in [-0.3, -0.25) is 4.79 Å². The van der Waals surface area contributed by atoms with Crippen LogP contribution in [0.4, 0.5) is 18.9 Å². The summed E-state index contributed by atoms with van der Waals surface area (Å²) < 4.78 is 37.3. The van der Waals surface area contributed by atoms with Gasteiger partial charge in [-0.15, -0.1) is 0 Å². The topological polar surface area (TPSA) is 53.5 Å². The zero-order valence-electron chi connectivity index (χ0n) is 12.9. The van der Waals surface area contributed by atoms with Crippen LogP contribution < -0.4 is 10.7 Å². The average Bonchev–Trinajstić information content (AvgIpc) is 2.54. The number of alkyl halides is 3. The minimum Gasteiger partial charge on any atom is -0.376 e. The van der Waals surface area contributed by atoms with Crippen molar-refractivity contribution in [2.75, 3.05) is 11.9 Å². The Morgan fingerprint density at radius 2 is 1.71 bits per heavy atom. The van der Waals surface area contributed by atoms with Gasteiger partial charge in [0.1, 0.15) is 0 Å². The van der Waals surface area contributed by atoms with Crippen LogP contribution in [-0.4, -0.2) is 18.7 Å². The average molecular weight is 335 g/mol. The summed E-state index contributed by atoms with van der Waals surface area (Å²) in [7, 11) is 0. The quantitative estimate of drug-likeness (QED) is 0.648. The summed E-state index contributed by atoms with van der Waals surface area (Å²) >= 11 is 0. The van der Waals surface area contributed by atoms with Gasteiger partial charge in [-0.05, 0) is 36.8 Å². The Kier molecular flexibility index (Phi) is 5.57. The van der Waals surface area contributed by atoms with Gasteiger partial charge in [-0.2, -0.15) is 18.3 Å². The second-order valence-corrected chi connectivity index (χ2v) is 5.13. The van der Waals surface area contributed by atoms with Crippen molar-refractivity contribution in [1.82, 2.24) is 5.43 Å². The van der Waals surface area contributed by atoms with E-state index in [1.807, 2.05) is 31.2 Å². The van der Waals surface area contributed by atoms with Crippen LogP contribution in [0.2, 0.25) is 0 Å². The molecular formula is C17H16F3N3O. The molecule has 0 fully saturated rings. The smallest absolute Gasteiger partial charge is 0.376 e. The van der Waals surface area contributed by atoms with Crippen molar-refractivity contribution in [2.45, 2.75) is 13.1 Å². The molecule has 0 unspecified atom stereocenters. The molecule has 0 heterocycles. The lowest BCUT2D eigenvalue weighted by atomic mass is 10.1. The largest absolute Gasteiger partial charge is 0.416 e. The lowest BCUT2D eigenvalue weighted by Crippen LogP contribution is -2.25. The van der Waals surface area contributed by atoms with Gasteiger partial charge in [0.25, 0.3) is 5.91 Å². The van der Waals surface area contributed by atoms with Crippen LogP contribution in [-0.2, 0) is 11.0 Å². The normalized spacial score (nSPS) is 11.5. The minimum absolute atomic E-state index is 0.0351. The van der Waals surface area contributed by atoms with E-state index in [9.17, 15) is 18.0 Å². The molecule has 0 aliphatic carbocycles. The van der Waals surface area contributed by atoms with Gasteiger partial charge in [0.05, 0.1) is 18.3 Å². The van der Waals surface area contributed by atoms with E-state index in [1.54, 1.807) is 0 Å². The minimum atomic E-state index is -4.37. The van der Waals surface area contributed by atoms with Crippen LogP contribution in [0.5, 0.6) is 0 Å². The Hall–Kier alpha value is -2.83. The number of rotatable bonds is 5. The van der Waals surface area contributed by atoms with Gasteiger partial charge in [0.15, 0.2) is 0 Å².